The van der Waals surface area contributed by atoms with Crippen LogP contribution in [0, 0.1) is 0 Å². The van der Waals surface area contributed by atoms with Gasteiger partial charge in [-0.05, 0) is 12.8 Å². The van der Waals surface area contributed by atoms with Crippen LogP contribution in [0.25, 0.3) is 11.3 Å². The van der Waals surface area contributed by atoms with Crippen molar-refractivity contribution in [3.05, 3.63) is 18.0 Å². The molecule has 0 aromatic carbocycles. The molecule has 3 aliphatic rings. The number of amides is 1. The van der Waals surface area contributed by atoms with Crippen molar-refractivity contribution in [3.8, 4) is 11.3 Å². The molecule has 5 rings (SSSR count). The van der Waals surface area contributed by atoms with Gasteiger partial charge in [0.25, 0.3) is 0 Å². The molecule has 2 saturated heterocycles. The second-order valence-electron chi connectivity index (χ2n) is 7.59. The number of nitrogens with two attached hydrogens (primary N) is 1. The summed E-state index contributed by atoms with van der Waals surface area (Å²) in [4.78, 5) is 35.7. The van der Waals surface area contributed by atoms with E-state index in [0.717, 1.165) is 74.6 Å². The summed E-state index contributed by atoms with van der Waals surface area (Å²) >= 11 is 0. The van der Waals surface area contributed by atoms with Gasteiger partial charge in [-0.3, -0.25) is 4.79 Å². The van der Waals surface area contributed by atoms with E-state index in [-0.39, 0.29) is 12.0 Å². The van der Waals surface area contributed by atoms with Crippen LogP contribution in [0.3, 0.4) is 0 Å². The van der Waals surface area contributed by atoms with Crippen LogP contribution in [0.15, 0.2) is 12.4 Å². The molecule has 1 atom stereocenters. The zero-order chi connectivity index (χ0) is 19.8. The minimum atomic E-state index is 0.245. The molecule has 2 aromatic rings. The lowest BCUT2D eigenvalue weighted by Crippen LogP contribution is -2.39. The number of carbonyl (C=O) groups excluding carboxylic acids is 1. The smallest absolute Gasteiger partial charge is 0.228 e. The number of nitrogen functional groups attached to an aromatic ring is 1. The van der Waals surface area contributed by atoms with Crippen molar-refractivity contribution in [3.63, 3.8) is 0 Å². The first-order valence-electron chi connectivity index (χ1n) is 10.0. The summed E-state index contributed by atoms with van der Waals surface area (Å²) in [6.45, 7) is 5.26. The van der Waals surface area contributed by atoms with E-state index in [9.17, 15) is 4.79 Å². The Kier molecular flexibility index (Phi) is 4.62. The topological polar surface area (TPSA) is 114 Å². The zero-order valence-corrected chi connectivity index (χ0v) is 16.2. The monoisotopic (exact) mass is 396 g/mol. The summed E-state index contributed by atoms with van der Waals surface area (Å²) in [5, 5.41) is 0. The highest BCUT2D eigenvalue weighted by atomic mass is 16.5. The molecule has 2 aromatic heterocycles. The average molecular weight is 396 g/mol. The molecule has 152 valence electrons. The first-order chi connectivity index (χ1) is 14.2. The Labute approximate surface area is 168 Å². The van der Waals surface area contributed by atoms with Crippen molar-refractivity contribution < 1.29 is 9.53 Å². The summed E-state index contributed by atoms with van der Waals surface area (Å²) in [7, 11) is 0. The Morgan fingerprint density at radius 1 is 1.10 bits per heavy atom. The lowest BCUT2D eigenvalue weighted by molar-refractivity contribution is -0.117. The van der Waals surface area contributed by atoms with Crippen molar-refractivity contribution in [1.29, 1.82) is 0 Å². The Morgan fingerprint density at radius 2 is 1.90 bits per heavy atom. The predicted molar refractivity (Wildman–Crippen MR) is 108 cm³/mol. The van der Waals surface area contributed by atoms with Crippen LogP contribution in [0.2, 0.25) is 0 Å². The van der Waals surface area contributed by atoms with Crippen molar-refractivity contribution >= 4 is 24.1 Å². The molecule has 1 amide bonds. The molecule has 1 unspecified atom stereocenters. The van der Waals surface area contributed by atoms with Crippen LogP contribution in [0.1, 0.15) is 12.0 Å². The number of nitrogens with zero attached hydrogens (tertiary/aromatic N) is 7. The van der Waals surface area contributed by atoms with Crippen molar-refractivity contribution in [2.24, 2.45) is 0 Å². The van der Waals surface area contributed by atoms with Crippen LogP contribution in [-0.4, -0.2) is 83.2 Å². The molecule has 2 fully saturated rings. The number of carbonyl (C=O) groups is 1. The maximum Gasteiger partial charge on any atom is 0.228 e. The summed E-state index contributed by atoms with van der Waals surface area (Å²) in [6.07, 6.45) is 6.19. The van der Waals surface area contributed by atoms with Crippen LogP contribution >= 0.6 is 0 Å². The lowest BCUT2D eigenvalue weighted by Gasteiger charge is -2.30. The van der Waals surface area contributed by atoms with E-state index in [1.807, 2.05) is 4.90 Å². The minimum Gasteiger partial charge on any atom is -0.378 e. The number of likely N-dealkylation sites (tertiary alicyclic amines) is 1. The highest BCUT2D eigenvalue weighted by Crippen LogP contribution is 2.37. The van der Waals surface area contributed by atoms with E-state index in [4.69, 9.17) is 20.4 Å². The predicted octanol–water partition coefficient (Wildman–Crippen LogP) is -0.0544. The third-order valence-electron chi connectivity index (χ3n) is 5.87. The Balaban J connectivity index is 1.56. The third-order valence-corrected chi connectivity index (χ3v) is 5.87. The van der Waals surface area contributed by atoms with E-state index in [2.05, 4.69) is 19.8 Å². The number of anilines is 3. The minimum absolute atomic E-state index is 0.245. The van der Waals surface area contributed by atoms with Gasteiger partial charge in [0.05, 0.1) is 18.9 Å². The number of hydrogen-bond acceptors (Lipinski definition) is 9. The van der Waals surface area contributed by atoms with Gasteiger partial charge in [-0.15, -0.1) is 0 Å². The van der Waals surface area contributed by atoms with Crippen LogP contribution in [-0.2, 0) is 16.0 Å². The fourth-order valence-corrected chi connectivity index (χ4v) is 4.34. The van der Waals surface area contributed by atoms with Gasteiger partial charge < -0.3 is 25.2 Å². The zero-order valence-electron chi connectivity index (χ0n) is 16.2. The maximum absolute atomic E-state index is 11.2. The van der Waals surface area contributed by atoms with Gasteiger partial charge in [0.1, 0.15) is 5.82 Å². The van der Waals surface area contributed by atoms with Gasteiger partial charge in [0.15, 0.2) is 0 Å². The molecule has 3 aliphatic heterocycles. The number of fused-ring (bicyclic) bond motifs is 1. The highest BCUT2D eigenvalue weighted by molar-refractivity contribution is 5.72. The van der Waals surface area contributed by atoms with E-state index in [1.54, 1.807) is 12.4 Å². The molecule has 29 heavy (non-hydrogen) atoms. The van der Waals surface area contributed by atoms with Gasteiger partial charge in [-0.2, -0.15) is 4.98 Å². The Hall–Kier alpha value is -3.01. The van der Waals surface area contributed by atoms with Crippen LogP contribution in [0.5, 0.6) is 0 Å². The SMILES string of the molecule is Nc1ncc(-c2nc(N3CCOCC3)nc3c2CCN3C2CCN(C=O)C2)cn1. The van der Waals surface area contributed by atoms with Gasteiger partial charge in [0.2, 0.25) is 18.3 Å². The van der Waals surface area contributed by atoms with Crippen molar-refractivity contribution in [2.45, 2.75) is 18.9 Å². The number of morpholine rings is 1. The molecule has 5 heterocycles. The quantitative estimate of drug-likeness (QED) is 0.710. The maximum atomic E-state index is 11.2. The van der Waals surface area contributed by atoms with Gasteiger partial charge in [0, 0.05) is 62.3 Å². The summed E-state index contributed by atoms with van der Waals surface area (Å²) in [5.41, 5.74) is 8.50. The van der Waals surface area contributed by atoms with E-state index >= 15 is 0 Å². The van der Waals surface area contributed by atoms with Crippen molar-refractivity contribution in [2.75, 3.05) is 61.5 Å². The molecule has 0 aliphatic carbocycles. The Bertz CT molecular complexity index is 900. The normalized spacial score (nSPS) is 21.5. The molecule has 0 bridgehead atoms. The molecule has 0 spiro atoms. The second-order valence-corrected chi connectivity index (χ2v) is 7.59. The summed E-state index contributed by atoms with van der Waals surface area (Å²) in [5.74, 6) is 1.91. The van der Waals surface area contributed by atoms with Gasteiger partial charge in [-0.25, -0.2) is 15.0 Å². The van der Waals surface area contributed by atoms with E-state index in [0.29, 0.717) is 19.2 Å². The number of aromatic nitrogens is 4. The van der Waals surface area contributed by atoms with E-state index in [1.165, 1.54) is 0 Å². The van der Waals surface area contributed by atoms with Gasteiger partial charge in [-0.1, -0.05) is 0 Å². The molecular formula is C19H24N8O2. The van der Waals surface area contributed by atoms with Crippen molar-refractivity contribution in [1.82, 2.24) is 24.8 Å². The summed E-state index contributed by atoms with van der Waals surface area (Å²) in [6, 6.07) is 0.282. The molecule has 10 heteroatoms. The molecule has 10 nitrogen and oxygen atoms in total. The van der Waals surface area contributed by atoms with E-state index < -0.39 is 0 Å². The lowest BCUT2D eigenvalue weighted by atomic mass is 10.1. The number of ether oxygens (including phenoxy) is 1. The third kappa shape index (κ3) is 3.33. The van der Waals surface area contributed by atoms with Crippen LogP contribution in [0.4, 0.5) is 17.7 Å². The molecule has 2 N–H and O–H groups in total. The molecule has 0 radical (unpaired) electrons. The highest BCUT2D eigenvalue weighted by Gasteiger charge is 2.35. The fourth-order valence-electron chi connectivity index (χ4n) is 4.34. The molecule has 0 saturated carbocycles. The van der Waals surface area contributed by atoms with Crippen LogP contribution < -0.4 is 15.5 Å². The Morgan fingerprint density at radius 3 is 2.62 bits per heavy atom. The largest absolute Gasteiger partial charge is 0.378 e. The fraction of sp³-hybridized carbons (Fsp3) is 0.526. The summed E-state index contributed by atoms with van der Waals surface area (Å²) < 4.78 is 5.49. The second kappa shape index (κ2) is 7.43. The number of rotatable bonds is 4. The number of hydrogen-bond donors (Lipinski definition) is 1. The standard InChI is InChI=1S/C19H24N8O2/c20-18-21-9-13(10-22-18)16-15-2-4-27(14-1-3-25(11-14)12-28)17(15)24-19(23-16)26-5-7-29-8-6-26/h9-10,12,14H,1-8,11H2,(H2,20,21,22). The molecular weight excluding hydrogens is 372 g/mol. The first-order valence-corrected chi connectivity index (χ1v) is 10.0. The first kappa shape index (κ1) is 18.0. The average Bonchev–Trinajstić information content (AvgIpc) is 3.41. The van der Waals surface area contributed by atoms with Gasteiger partial charge >= 0.3 is 0 Å².